The molecule has 0 heterocycles. The fourth-order valence-electron chi connectivity index (χ4n) is 1.25. The maximum atomic E-state index is 13.0. The third-order valence-electron chi connectivity index (χ3n) is 2.56. The van der Waals surface area contributed by atoms with Crippen LogP contribution in [0.15, 0.2) is 12.2 Å². The first-order chi connectivity index (χ1) is 8.58. The molecule has 0 aromatic heterocycles. The van der Waals surface area contributed by atoms with E-state index in [1.165, 1.54) is 0 Å². The molecule has 1 rings (SSSR count). The minimum atomic E-state index is -6.65. The van der Waals surface area contributed by atoms with Crippen molar-refractivity contribution in [2.24, 2.45) is 0 Å². The Morgan fingerprint density at radius 1 is 1.00 bits per heavy atom. The molecule has 0 atom stereocenters. The summed E-state index contributed by atoms with van der Waals surface area (Å²) in [4.78, 5) is 10.6. The maximum absolute atomic E-state index is 13.0. The quantitative estimate of drug-likeness (QED) is 0.452. The van der Waals surface area contributed by atoms with Crippen LogP contribution >= 0.6 is 0 Å². The van der Waals surface area contributed by atoms with Crippen molar-refractivity contribution < 1.29 is 49.0 Å². The summed E-state index contributed by atoms with van der Waals surface area (Å²) in [6.07, 6.45) is -6.22. The van der Waals surface area contributed by atoms with Crippen LogP contribution in [0.5, 0.6) is 0 Å². The van der Waals surface area contributed by atoms with Crippen LogP contribution in [0, 0.1) is 0 Å². The average molecular weight is 316 g/mol. The van der Waals surface area contributed by atoms with Crippen LogP contribution in [0.1, 0.15) is 6.92 Å². The average Bonchev–Trinajstić information content (AvgIpc) is 2.56. The second kappa shape index (κ2) is 3.82. The number of carbonyl (C=O) groups excluding carboxylic acids is 1. The third kappa shape index (κ3) is 1.57. The highest BCUT2D eigenvalue weighted by Crippen LogP contribution is 2.75. The van der Waals surface area contributed by atoms with E-state index in [9.17, 15) is 44.3 Å². The Morgan fingerprint density at radius 2 is 1.35 bits per heavy atom. The highest BCUT2D eigenvalue weighted by molar-refractivity contribution is 5.87. The molecule has 2 nitrogen and oxygen atoms in total. The van der Waals surface area contributed by atoms with Gasteiger partial charge in [-0.3, -0.25) is 0 Å². The van der Waals surface area contributed by atoms with Crippen molar-refractivity contribution in [3.63, 3.8) is 0 Å². The van der Waals surface area contributed by atoms with E-state index in [2.05, 4.69) is 11.3 Å². The molecule has 116 valence electrons. The molecule has 0 aromatic rings. The van der Waals surface area contributed by atoms with Crippen LogP contribution in [0.4, 0.5) is 39.5 Å². The van der Waals surface area contributed by atoms with E-state index in [4.69, 9.17) is 0 Å². The highest BCUT2D eigenvalue weighted by atomic mass is 19.4. The molecule has 1 fully saturated rings. The zero-order chi connectivity index (χ0) is 16.4. The summed E-state index contributed by atoms with van der Waals surface area (Å²) in [5.74, 6) is -20.9. The Balaban J connectivity index is 3.18. The monoisotopic (exact) mass is 316 g/mol. The van der Waals surface area contributed by atoms with E-state index in [0.29, 0.717) is 0 Å². The van der Waals surface area contributed by atoms with Gasteiger partial charge in [0.2, 0.25) is 0 Å². The topological polar surface area (TPSA) is 26.3 Å². The summed E-state index contributed by atoms with van der Waals surface area (Å²) in [5, 5.41) is 0. The third-order valence-corrected chi connectivity index (χ3v) is 2.56. The molecule has 0 saturated heterocycles. The van der Waals surface area contributed by atoms with Gasteiger partial charge in [0.25, 0.3) is 0 Å². The van der Waals surface area contributed by atoms with Crippen LogP contribution in [-0.4, -0.2) is 35.5 Å². The van der Waals surface area contributed by atoms with E-state index < -0.39 is 41.1 Å². The number of carbonyl (C=O) groups is 1. The molecule has 20 heavy (non-hydrogen) atoms. The van der Waals surface area contributed by atoms with Crippen LogP contribution in [0.2, 0.25) is 0 Å². The Hall–Kier alpha value is -1.42. The summed E-state index contributed by atoms with van der Waals surface area (Å²) in [7, 11) is 0. The summed E-state index contributed by atoms with van der Waals surface area (Å²) in [6.45, 7) is 3.44. The SMILES string of the molecule is C=C(C)C(=O)OC(F)(F)C(F)(F)C1(F)C(F)(F)C1(F)F. The van der Waals surface area contributed by atoms with Crippen molar-refractivity contribution in [1.29, 1.82) is 0 Å². The van der Waals surface area contributed by atoms with Gasteiger partial charge in [-0.2, -0.15) is 35.1 Å². The predicted octanol–water partition coefficient (Wildman–Crippen LogP) is 3.33. The molecule has 0 amide bonds. The van der Waals surface area contributed by atoms with Gasteiger partial charge in [-0.25, -0.2) is 9.18 Å². The minimum Gasteiger partial charge on any atom is -0.393 e. The van der Waals surface area contributed by atoms with Crippen LogP contribution in [0.3, 0.4) is 0 Å². The number of hydrogen-bond acceptors (Lipinski definition) is 2. The molecule has 0 bridgehead atoms. The predicted molar refractivity (Wildman–Crippen MR) is 44.5 cm³/mol. The minimum absolute atomic E-state index is 0.724. The molecular formula is C9H5F9O2. The van der Waals surface area contributed by atoms with Gasteiger partial charge < -0.3 is 4.74 Å². The van der Waals surface area contributed by atoms with Crippen molar-refractivity contribution in [3.8, 4) is 0 Å². The molecule has 1 aliphatic carbocycles. The van der Waals surface area contributed by atoms with Crippen molar-refractivity contribution in [3.05, 3.63) is 12.2 Å². The van der Waals surface area contributed by atoms with Crippen LogP contribution in [0.25, 0.3) is 0 Å². The fraction of sp³-hybridized carbons (Fsp3) is 0.667. The molecule has 1 saturated carbocycles. The molecule has 11 heteroatoms. The molecule has 0 N–H and O–H groups in total. The van der Waals surface area contributed by atoms with Crippen molar-refractivity contribution in [2.45, 2.75) is 36.5 Å². The van der Waals surface area contributed by atoms with Gasteiger partial charge in [0, 0.05) is 5.57 Å². The van der Waals surface area contributed by atoms with Gasteiger partial charge in [0.1, 0.15) is 0 Å². The maximum Gasteiger partial charge on any atom is 0.470 e. The Labute approximate surface area is 105 Å². The number of halogens is 9. The zero-order valence-electron chi connectivity index (χ0n) is 9.43. The first-order valence-corrected chi connectivity index (χ1v) is 4.67. The molecule has 1 aliphatic rings. The molecule has 0 spiro atoms. The van der Waals surface area contributed by atoms with E-state index in [1.54, 1.807) is 0 Å². The number of esters is 1. The highest BCUT2D eigenvalue weighted by Gasteiger charge is 3.09. The lowest BCUT2D eigenvalue weighted by atomic mass is 10.1. The van der Waals surface area contributed by atoms with Gasteiger partial charge in [0.15, 0.2) is 0 Å². The Bertz CT molecular complexity index is 454. The summed E-state index contributed by atoms with van der Waals surface area (Å²) in [6, 6.07) is 0. The molecule has 0 aromatic carbocycles. The normalized spacial score (nSPS) is 23.1. The smallest absolute Gasteiger partial charge is 0.393 e. The molecule has 0 radical (unpaired) electrons. The van der Waals surface area contributed by atoms with Crippen molar-refractivity contribution >= 4 is 5.97 Å². The first-order valence-electron chi connectivity index (χ1n) is 4.67. The molecule has 0 aliphatic heterocycles. The van der Waals surface area contributed by atoms with E-state index in [1.807, 2.05) is 0 Å². The lowest BCUT2D eigenvalue weighted by Gasteiger charge is -2.27. The number of rotatable bonds is 4. The van der Waals surface area contributed by atoms with Crippen molar-refractivity contribution in [1.82, 2.24) is 0 Å². The van der Waals surface area contributed by atoms with E-state index in [-0.39, 0.29) is 0 Å². The van der Waals surface area contributed by atoms with E-state index >= 15 is 0 Å². The first kappa shape index (κ1) is 16.6. The molecule has 0 unspecified atom stereocenters. The van der Waals surface area contributed by atoms with Crippen molar-refractivity contribution in [2.75, 3.05) is 0 Å². The second-order valence-electron chi connectivity index (χ2n) is 4.07. The lowest BCUT2D eigenvalue weighted by Crippen LogP contribution is -2.55. The second-order valence-corrected chi connectivity index (χ2v) is 4.07. The lowest BCUT2D eigenvalue weighted by molar-refractivity contribution is -0.360. The number of hydrogen-bond donors (Lipinski definition) is 0. The Morgan fingerprint density at radius 3 is 1.60 bits per heavy atom. The van der Waals surface area contributed by atoms with Gasteiger partial charge in [-0.05, 0) is 6.92 Å². The van der Waals surface area contributed by atoms with E-state index in [0.717, 1.165) is 6.92 Å². The standard InChI is InChI=1S/C9H5F9O2/c1-3(2)4(19)20-9(17,18)8(15,16)5(10)6(11,12)7(5,13)14/h1H2,2H3. The Kier molecular flexibility index (Phi) is 3.17. The number of alkyl halides is 9. The van der Waals surface area contributed by atoms with Gasteiger partial charge >= 0.3 is 35.5 Å². The molecular weight excluding hydrogens is 311 g/mol. The van der Waals surface area contributed by atoms with Gasteiger partial charge in [0.05, 0.1) is 0 Å². The number of ether oxygens (including phenoxy) is 1. The van der Waals surface area contributed by atoms with Gasteiger partial charge in [-0.1, -0.05) is 6.58 Å². The largest absolute Gasteiger partial charge is 0.470 e. The van der Waals surface area contributed by atoms with Gasteiger partial charge in [-0.15, -0.1) is 0 Å². The zero-order valence-corrected chi connectivity index (χ0v) is 9.43. The van der Waals surface area contributed by atoms with Crippen LogP contribution in [-0.2, 0) is 9.53 Å². The summed E-state index contributed by atoms with van der Waals surface area (Å²) >= 11 is 0. The van der Waals surface area contributed by atoms with Crippen LogP contribution < -0.4 is 0 Å². The fourth-order valence-corrected chi connectivity index (χ4v) is 1.25. The summed E-state index contributed by atoms with van der Waals surface area (Å²) in [5.41, 5.74) is -7.02. The summed E-state index contributed by atoms with van der Waals surface area (Å²) < 4.78 is 117.